The third-order valence-corrected chi connectivity index (χ3v) is 4.75. The normalized spacial score (nSPS) is 11.0. The summed E-state index contributed by atoms with van der Waals surface area (Å²) in [4.78, 5) is 16.8. The van der Waals surface area contributed by atoms with Crippen LogP contribution in [0.25, 0.3) is 22.6 Å². The van der Waals surface area contributed by atoms with Gasteiger partial charge in [0, 0.05) is 16.8 Å². The van der Waals surface area contributed by atoms with Crippen LogP contribution in [-0.2, 0) is 0 Å². The molecule has 0 spiro atoms. The maximum Gasteiger partial charge on any atom is 0.257 e. The Morgan fingerprint density at radius 3 is 2.64 bits per heavy atom. The Labute approximate surface area is 170 Å². The Morgan fingerprint density at radius 2 is 1.89 bits per heavy atom. The molecule has 3 aromatic carbocycles. The number of amides is 1. The molecule has 1 aromatic heterocycles. The van der Waals surface area contributed by atoms with Crippen LogP contribution in [0.5, 0.6) is 5.75 Å². The molecule has 0 saturated carbocycles. The van der Waals surface area contributed by atoms with Gasteiger partial charge in [-0.05, 0) is 55.0 Å². The average molecular weight is 413 g/mol. The molecule has 140 valence electrons. The van der Waals surface area contributed by atoms with Crippen LogP contribution in [-0.4, -0.2) is 16.0 Å². The molecule has 0 aliphatic carbocycles. The van der Waals surface area contributed by atoms with Crippen molar-refractivity contribution in [2.24, 2.45) is 0 Å². The zero-order valence-electron chi connectivity index (χ0n) is 14.7. The SMILES string of the molecule is Cc1ccc2oc(-c3ccc(NC(=O)c4ccc(Cl)cc4Cl)cc3O)nc2c1. The Hall–Kier alpha value is -3.02. The fourth-order valence-electron chi connectivity index (χ4n) is 2.81. The molecule has 2 N–H and O–H groups in total. The van der Waals surface area contributed by atoms with E-state index in [1.165, 1.54) is 18.2 Å². The number of carbonyl (C=O) groups excluding carboxylic acids is 1. The molecule has 0 bridgehead atoms. The number of phenolic OH excluding ortho intramolecular Hbond substituents is 1. The van der Waals surface area contributed by atoms with Gasteiger partial charge >= 0.3 is 0 Å². The molecule has 0 atom stereocenters. The van der Waals surface area contributed by atoms with E-state index >= 15 is 0 Å². The number of phenols is 1. The lowest BCUT2D eigenvalue weighted by Crippen LogP contribution is -2.12. The third kappa shape index (κ3) is 3.54. The van der Waals surface area contributed by atoms with Crippen molar-refractivity contribution in [3.8, 4) is 17.2 Å². The summed E-state index contributed by atoms with van der Waals surface area (Å²) in [6, 6.07) is 15.0. The van der Waals surface area contributed by atoms with E-state index in [4.69, 9.17) is 27.6 Å². The Balaban J connectivity index is 1.61. The summed E-state index contributed by atoms with van der Waals surface area (Å²) in [6.07, 6.45) is 0. The van der Waals surface area contributed by atoms with Crippen molar-refractivity contribution in [2.75, 3.05) is 5.32 Å². The van der Waals surface area contributed by atoms with E-state index in [0.29, 0.717) is 33.3 Å². The first kappa shape index (κ1) is 18.3. The van der Waals surface area contributed by atoms with E-state index in [9.17, 15) is 9.90 Å². The van der Waals surface area contributed by atoms with Gasteiger partial charge in [0.05, 0.1) is 16.1 Å². The quantitative estimate of drug-likeness (QED) is 0.428. The first-order valence-corrected chi connectivity index (χ1v) is 9.13. The standard InChI is InChI=1S/C21H14Cl2N2O3/c1-11-2-7-19-17(8-11)25-21(28-19)15-6-4-13(10-18(15)26)24-20(27)14-5-3-12(22)9-16(14)23/h2-10,26H,1H3,(H,24,27). The van der Waals surface area contributed by atoms with Gasteiger partial charge in [-0.1, -0.05) is 29.3 Å². The van der Waals surface area contributed by atoms with Gasteiger partial charge in [-0.25, -0.2) is 4.98 Å². The summed E-state index contributed by atoms with van der Waals surface area (Å²) in [5, 5.41) is 13.8. The highest BCUT2D eigenvalue weighted by atomic mass is 35.5. The first-order valence-electron chi connectivity index (χ1n) is 8.38. The molecule has 1 amide bonds. The van der Waals surface area contributed by atoms with Gasteiger partial charge in [-0.15, -0.1) is 0 Å². The van der Waals surface area contributed by atoms with Gasteiger partial charge in [0.25, 0.3) is 5.91 Å². The molecule has 7 heteroatoms. The van der Waals surface area contributed by atoms with E-state index < -0.39 is 5.91 Å². The summed E-state index contributed by atoms with van der Waals surface area (Å²) in [5.74, 6) is -0.175. The summed E-state index contributed by atoms with van der Waals surface area (Å²) >= 11 is 11.9. The van der Waals surface area contributed by atoms with Crippen molar-refractivity contribution in [1.82, 2.24) is 4.98 Å². The lowest BCUT2D eigenvalue weighted by molar-refractivity contribution is 0.102. The first-order chi connectivity index (χ1) is 13.4. The monoisotopic (exact) mass is 412 g/mol. The number of oxazole rings is 1. The topological polar surface area (TPSA) is 75.4 Å². The summed E-state index contributed by atoms with van der Waals surface area (Å²) in [6.45, 7) is 1.97. The molecule has 0 fully saturated rings. The van der Waals surface area contributed by atoms with Crippen LogP contribution >= 0.6 is 23.2 Å². The highest BCUT2D eigenvalue weighted by Crippen LogP contribution is 2.33. The number of nitrogens with zero attached hydrogens (tertiary/aromatic N) is 1. The summed E-state index contributed by atoms with van der Waals surface area (Å²) in [5.41, 5.74) is 3.53. The molecule has 5 nitrogen and oxygen atoms in total. The predicted molar refractivity (Wildman–Crippen MR) is 110 cm³/mol. The maximum absolute atomic E-state index is 12.4. The lowest BCUT2D eigenvalue weighted by atomic mass is 10.1. The second kappa shape index (κ2) is 7.19. The van der Waals surface area contributed by atoms with Crippen molar-refractivity contribution >= 4 is 45.9 Å². The number of aromatic hydroxyl groups is 1. The van der Waals surface area contributed by atoms with E-state index in [0.717, 1.165) is 5.56 Å². The number of nitrogens with one attached hydrogen (secondary N) is 1. The fourth-order valence-corrected chi connectivity index (χ4v) is 3.31. The number of fused-ring (bicyclic) bond motifs is 1. The van der Waals surface area contributed by atoms with Gasteiger partial charge in [0.15, 0.2) is 5.58 Å². The number of hydrogen-bond donors (Lipinski definition) is 2. The number of anilines is 1. The molecule has 0 saturated heterocycles. The van der Waals surface area contributed by atoms with Crippen LogP contribution in [0.1, 0.15) is 15.9 Å². The van der Waals surface area contributed by atoms with E-state index in [2.05, 4.69) is 10.3 Å². The Kier molecular flexibility index (Phi) is 4.71. The second-order valence-corrected chi connectivity index (χ2v) is 7.14. The number of carbonyl (C=O) groups is 1. The lowest BCUT2D eigenvalue weighted by Gasteiger charge is -2.08. The number of aryl methyl sites for hydroxylation is 1. The molecule has 4 aromatic rings. The van der Waals surface area contributed by atoms with Crippen molar-refractivity contribution < 1.29 is 14.3 Å². The van der Waals surface area contributed by atoms with E-state index in [1.54, 1.807) is 18.2 Å². The number of aromatic nitrogens is 1. The zero-order chi connectivity index (χ0) is 19.8. The zero-order valence-corrected chi connectivity index (χ0v) is 16.2. The van der Waals surface area contributed by atoms with E-state index in [1.807, 2.05) is 25.1 Å². The van der Waals surface area contributed by atoms with Gasteiger partial charge in [-0.3, -0.25) is 4.79 Å². The van der Waals surface area contributed by atoms with Crippen molar-refractivity contribution in [2.45, 2.75) is 6.92 Å². The van der Waals surface area contributed by atoms with E-state index in [-0.39, 0.29) is 16.3 Å². The fraction of sp³-hybridized carbons (Fsp3) is 0.0476. The number of benzene rings is 3. The molecule has 1 heterocycles. The average Bonchev–Trinajstić information content (AvgIpc) is 3.04. The second-order valence-electron chi connectivity index (χ2n) is 6.30. The summed E-state index contributed by atoms with van der Waals surface area (Å²) < 4.78 is 5.72. The molecule has 0 unspecified atom stereocenters. The highest BCUT2D eigenvalue weighted by Gasteiger charge is 2.15. The van der Waals surface area contributed by atoms with Gasteiger partial charge in [0.2, 0.25) is 5.89 Å². The molecule has 0 aliphatic rings. The van der Waals surface area contributed by atoms with Crippen LogP contribution < -0.4 is 5.32 Å². The minimum atomic E-state index is -0.411. The number of hydrogen-bond acceptors (Lipinski definition) is 4. The molecule has 0 aliphatic heterocycles. The maximum atomic E-state index is 12.4. The van der Waals surface area contributed by atoms with Crippen molar-refractivity contribution in [1.29, 1.82) is 0 Å². The Morgan fingerprint density at radius 1 is 1.07 bits per heavy atom. The molecule has 0 radical (unpaired) electrons. The van der Waals surface area contributed by atoms with Gasteiger partial charge in [-0.2, -0.15) is 0 Å². The Bertz CT molecular complexity index is 1220. The third-order valence-electron chi connectivity index (χ3n) is 4.20. The van der Waals surface area contributed by atoms with Crippen LogP contribution in [0.15, 0.2) is 59.0 Å². The van der Waals surface area contributed by atoms with Crippen LogP contribution in [0, 0.1) is 6.92 Å². The number of halogens is 2. The highest BCUT2D eigenvalue weighted by molar-refractivity contribution is 6.37. The van der Waals surface area contributed by atoms with Gasteiger partial charge in [0.1, 0.15) is 11.3 Å². The van der Waals surface area contributed by atoms with Crippen LogP contribution in [0.4, 0.5) is 5.69 Å². The minimum Gasteiger partial charge on any atom is -0.507 e. The summed E-state index contributed by atoms with van der Waals surface area (Å²) in [7, 11) is 0. The molecule has 28 heavy (non-hydrogen) atoms. The van der Waals surface area contributed by atoms with Crippen molar-refractivity contribution in [3.05, 3.63) is 75.8 Å². The molecular formula is C21H14Cl2N2O3. The predicted octanol–water partition coefficient (Wildman–Crippen LogP) is 6.07. The van der Waals surface area contributed by atoms with Crippen molar-refractivity contribution in [3.63, 3.8) is 0 Å². The molecule has 4 rings (SSSR count). The number of rotatable bonds is 3. The van der Waals surface area contributed by atoms with Gasteiger partial charge < -0.3 is 14.8 Å². The molecular weight excluding hydrogens is 399 g/mol. The minimum absolute atomic E-state index is 0.0664. The smallest absolute Gasteiger partial charge is 0.257 e. The largest absolute Gasteiger partial charge is 0.507 e. The van der Waals surface area contributed by atoms with Crippen LogP contribution in [0.2, 0.25) is 10.0 Å². The van der Waals surface area contributed by atoms with Crippen LogP contribution in [0.3, 0.4) is 0 Å².